The Kier molecular flexibility index (Phi) is 5.32. The molecule has 1 rings (SSSR count). The highest BCUT2D eigenvalue weighted by Crippen LogP contribution is 2.05. The Bertz CT molecular complexity index is 218. The number of rotatable bonds is 5. The molecule has 1 fully saturated rings. The molecule has 1 aliphatic rings. The van der Waals surface area contributed by atoms with E-state index in [1.54, 1.807) is 4.90 Å². The minimum Gasteiger partial charge on any atom is -0.372 e. The molecular weight excluding hydrogens is 194 g/mol. The molecule has 0 bridgehead atoms. The fraction of sp³-hybridized carbons (Fsp3) is 0.818. The fourth-order valence-electron chi connectivity index (χ4n) is 1.50. The molecule has 4 heteroatoms. The van der Waals surface area contributed by atoms with Crippen LogP contribution in [0.5, 0.6) is 0 Å². The molecule has 0 N–H and O–H groups in total. The van der Waals surface area contributed by atoms with Crippen LogP contribution < -0.4 is 0 Å². The summed E-state index contributed by atoms with van der Waals surface area (Å²) >= 11 is 0. The standard InChI is InChI=1S/C11H19NO3/c1-2-3-8-15-9-11(14)12-6-4-10(13)5-7-12/h2-9H2,1H3. The minimum atomic E-state index is 0.0126. The first-order valence-electron chi connectivity index (χ1n) is 5.61. The normalized spacial score (nSPS) is 16.9. The Labute approximate surface area is 90.6 Å². The quantitative estimate of drug-likeness (QED) is 0.640. The number of ether oxygens (including phenoxy) is 1. The summed E-state index contributed by atoms with van der Waals surface area (Å²) in [4.78, 5) is 24.2. The van der Waals surface area contributed by atoms with Crippen LogP contribution in [0, 0.1) is 0 Å². The van der Waals surface area contributed by atoms with Crippen LogP contribution in [0.4, 0.5) is 0 Å². The largest absolute Gasteiger partial charge is 0.372 e. The van der Waals surface area contributed by atoms with Crippen molar-refractivity contribution in [3.63, 3.8) is 0 Å². The summed E-state index contributed by atoms with van der Waals surface area (Å²) in [5.74, 6) is 0.268. The Morgan fingerprint density at radius 1 is 1.40 bits per heavy atom. The lowest BCUT2D eigenvalue weighted by Gasteiger charge is -2.25. The summed E-state index contributed by atoms with van der Waals surface area (Å²) in [6.45, 7) is 4.02. The van der Waals surface area contributed by atoms with Gasteiger partial charge in [-0.2, -0.15) is 0 Å². The highest BCUT2D eigenvalue weighted by molar-refractivity contribution is 5.83. The second kappa shape index (κ2) is 6.56. The van der Waals surface area contributed by atoms with Crippen LogP contribution in [0.3, 0.4) is 0 Å². The molecule has 0 spiro atoms. The van der Waals surface area contributed by atoms with Crippen LogP contribution in [0.1, 0.15) is 32.6 Å². The number of hydrogen-bond acceptors (Lipinski definition) is 3. The molecule has 1 heterocycles. The smallest absolute Gasteiger partial charge is 0.248 e. The number of likely N-dealkylation sites (tertiary alicyclic amines) is 1. The summed E-state index contributed by atoms with van der Waals surface area (Å²) in [5.41, 5.74) is 0. The molecule has 0 aromatic rings. The number of piperidine rings is 1. The van der Waals surface area contributed by atoms with E-state index in [1.165, 1.54) is 0 Å². The molecule has 0 aliphatic carbocycles. The van der Waals surface area contributed by atoms with Crippen LogP contribution >= 0.6 is 0 Å². The molecule has 1 aliphatic heterocycles. The number of carbonyl (C=O) groups is 2. The number of amides is 1. The maximum atomic E-state index is 11.6. The van der Waals surface area contributed by atoms with E-state index in [4.69, 9.17) is 4.74 Å². The zero-order valence-corrected chi connectivity index (χ0v) is 9.33. The van der Waals surface area contributed by atoms with E-state index in [9.17, 15) is 9.59 Å². The zero-order valence-electron chi connectivity index (χ0n) is 9.33. The number of carbonyl (C=O) groups excluding carboxylic acids is 2. The van der Waals surface area contributed by atoms with Crippen molar-refractivity contribution < 1.29 is 14.3 Å². The second-order valence-electron chi connectivity index (χ2n) is 3.83. The van der Waals surface area contributed by atoms with Crippen molar-refractivity contribution in [2.75, 3.05) is 26.3 Å². The van der Waals surface area contributed by atoms with Gasteiger partial charge in [0.25, 0.3) is 0 Å². The van der Waals surface area contributed by atoms with Gasteiger partial charge in [0, 0.05) is 32.5 Å². The molecule has 1 amide bonds. The minimum absolute atomic E-state index is 0.0126. The Morgan fingerprint density at radius 2 is 2.07 bits per heavy atom. The third-order valence-corrected chi connectivity index (χ3v) is 2.54. The first kappa shape index (κ1) is 12.2. The Morgan fingerprint density at radius 3 is 2.67 bits per heavy atom. The van der Waals surface area contributed by atoms with Crippen molar-refractivity contribution in [1.82, 2.24) is 4.90 Å². The molecule has 0 radical (unpaired) electrons. The van der Waals surface area contributed by atoms with E-state index in [-0.39, 0.29) is 18.3 Å². The molecule has 0 unspecified atom stereocenters. The molecular formula is C11H19NO3. The third-order valence-electron chi connectivity index (χ3n) is 2.54. The average molecular weight is 213 g/mol. The molecule has 0 atom stereocenters. The molecule has 0 saturated carbocycles. The van der Waals surface area contributed by atoms with E-state index in [0.29, 0.717) is 32.5 Å². The van der Waals surface area contributed by atoms with Crippen molar-refractivity contribution >= 4 is 11.7 Å². The second-order valence-corrected chi connectivity index (χ2v) is 3.83. The van der Waals surface area contributed by atoms with Crippen LogP contribution in [-0.4, -0.2) is 42.9 Å². The molecule has 86 valence electrons. The lowest BCUT2D eigenvalue weighted by Crippen LogP contribution is -2.40. The van der Waals surface area contributed by atoms with Gasteiger partial charge >= 0.3 is 0 Å². The predicted molar refractivity (Wildman–Crippen MR) is 56.5 cm³/mol. The van der Waals surface area contributed by atoms with Gasteiger partial charge in [0.15, 0.2) is 0 Å². The van der Waals surface area contributed by atoms with Gasteiger partial charge in [0.05, 0.1) is 0 Å². The van der Waals surface area contributed by atoms with Crippen molar-refractivity contribution in [2.24, 2.45) is 0 Å². The van der Waals surface area contributed by atoms with Crippen LogP contribution in [-0.2, 0) is 14.3 Å². The fourth-order valence-corrected chi connectivity index (χ4v) is 1.50. The number of Topliss-reactive ketones (excluding diaryl/α,β-unsaturated/α-hetero) is 1. The topological polar surface area (TPSA) is 46.6 Å². The highest BCUT2D eigenvalue weighted by atomic mass is 16.5. The summed E-state index contributed by atoms with van der Waals surface area (Å²) in [6.07, 6.45) is 3.07. The molecule has 0 aromatic carbocycles. The van der Waals surface area contributed by atoms with Gasteiger partial charge in [-0.1, -0.05) is 13.3 Å². The summed E-state index contributed by atoms with van der Waals surface area (Å²) < 4.78 is 5.24. The van der Waals surface area contributed by atoms with Crippen molar-refractivity contribution in [3.8, 4) is 0 Å². The molecule has 4 nitrogen and oxygen atoms in total. The van der Waals surface area contributed by atoms with Crippen molar-refractivity contribution in [2.45, 2.75) is 32.6 Å². The van der Waals surface area contributed by atoms with E-state index < -0.39 is 0 Å². The maximum Gasteiger partial charge on any atom is 0.248 e. The maximum absolute atomic E-state index is 11.6. The average Bonchev–Trinajstić information content (AvgIpc) is 2.25. The summed E-state index contributed by atoms with van der Waals surface area (Å²) in [5, 5.41) is 0. The first-order chi connectivity index (χ1) is 7.24. The van der Waals surface area contributed by atoms with Crippen LogP contribution in [0.15, 0.2) is 0 Å². The van der Waals surface area contributed by atoms with E-state index >= 15 is 0 Å². The van der Waals surface area contributed by atoms with Crippen molar-refractivity contribution in [3.05, 3.63) is 0 Å². The van der Waals surface area contributed by atoms with Gasteiger partial charge in [0.2, 0.25) is 5.91 Å². The molecule has 1 saturated heterocycles. The highest BCUT2D eigenvalue weighted by Gasteiger charge is 2.20. The van der Waals surface area contributed by atoms with E-state index in [0.717, 1.165) is 12.8 Å². The number of nitrogens with zero attached hydrogens (tertiary/aromatic N) is 1. The number of hydrogen-bond donors (Lipinski definition) is 0. The summed E-state index contributed by atoms with van der Waals surface area (Å²) in [6, 6.07) is 0. The zero-order chi connectivity index (χ0) is 11.1. The van der Waals surface area contributed by atoms with Gasteiger partial charge in [0.1, 0.15) is 12.4 Å². The first-order valence-corrected chi connectivity index (χ1v) is 5.61. The number of ketones is 1. The molecule has 15 heavy (non-hydrogen) atoms. The van der Waals surface area contributed by atoms with E-state index in [2.05, 4.69) is 6.92 Å². The lowest BCUT2D eigenvalue weighted by atomic mass is 10.1. The van der Waals surface area contributed by atoms with Crippen LogP contribution in [0.25, 0.3) is 0 Å². The number of unbranched alkanes of at least 4 members (excludes halogenated alkanes) is 1. The predicted octanol–water partition coefficient (Wildman–Crippen LogP) is 0.995. The Balaban J connectivity index is 2.14. The van der Waals surface area contributed by atoms with Gasteiger partial charge in [-0.15, -0.1) is 0 Å². The molecule has 0 aromatic heterocycles. The third kappa shape index (κ3) is 4.42. The van der Waals surface area contributed by atoms with Gasteiger partial charge < -0.3 is 9.64 Å². The Hall–Kier alpha value is -0.900. The SMILES string of the molecule is CCCCOCC(=O)N1CCC(=O)CC1. The van der Waals surface area contributed by atoms with Gasteiger partial charge in [-0.3, -0.25) is 9.59 Å². The van der Waals surface area contributed by atoms with Gasteiger partial charge in [-0.05, 0) is 6.42 Å². The summed E-state index contributed by atoms with van der Waals surface area (Å²) in [7, 11) is 0. The lowest BCUT2D eigenvalue weighted by molar-refractivity contribution is -0.138. The van der Waals surface area contributed by atoms with Crippen molar-refractivity contribution in [1.29, 1.82) is 0 Å². The van der Waals surface area contributed by atoms with Crippen LogP contribution in [0.2, 0.25) is 0 Å². The van der Waals surface area contributed by atoms with E-state index in [1.807, 2.05) is 0 Å². The monoisotopic (exact) mass is 213 g/mol. The van der Waals surface area contributed by atoms with Gasteiger partial charge in [-0.25, -0.2) is 0 Å².